The van der Waals surface area contributed by atoms with Crippen molar-refractivity contribution < 1.29 is 0 Å². The molecule has 3 heterocycles. The molecule has 0 unspecified atom stereocenters. The van der Waals surface area contributed by atoms with Gasteiger partial charge < -0.3 is 10.2 Å². The predicted molar refractivity (Wildman–Crippen MR) is 98.7 cm³/mol. The van der Waals surface area contributed by atoms with Gasteiger partial charge in [-0.15, -0.1) is 21.5 Å². The molecule has 6 nitrogen and oxygen atoms in total. The zero-order valence-electron chi connectivity index (χ0n) is 14.0. The minimum atomic E-state index is 0.770. The first-order chi connectivity index (χ1) is 11.8. The van der Waals surface area contributed by atoms with Crippen LogP contribution in [-0.4, -0.2) is 52.6 Å². The SMILES string of the molecule is CN=C(NCCc1nnc2ccccn12)N(C)CCc1cccs1. The predicted octanol–water partition coefficient (Wildman–Crippen LogP) is 2.08. The van der Waals surface area contributed by atoms with Gasteiger partial charge in [-0.3, -0.25) is 9.39 Å². The number of thiophene rings is 1. The summed E-state index contributed by atoms with van der Waals surface area (Å²) in [6.07, 6.45) is 3.82. The van der Waals surface area contributed by atoms with Crippen LogP contribution < -0.4 is 5.32 Å². The number of guanidine groups is 1. The molecule has 0 fully saturated rings. The third kappa shape index (κ3) is 3.91. The lowest BCUT2D eigenvalue weighted by molar-refractivity contribution is 0.486. The van der Waals surface area contributed by atoms with Gasteiger partial charge in [-0.05, 0) is 30.0 Å². The zero-order valence-corrected chi connectivity index (χ0v) is 14.8. The number of hydrogen-bond donors (Lipinski definition) is 1. The second-order valence-electron chi connectivity index (χ2n) is 5.52. The minimum Gasteiger partial charge on any atom is -0.356 e. The van der Waals surface area contributed by atoms with Crippen LogP contribution in [0.5, 0.6) is 0 Å². The van der Waals surface area contributed by atoms with Crippen LogP contribution >= 0.6 is 11.3 Å². The molecule has 126 valence electrons. The molecular formula is C17H22N6S. The van der Waals surface area contributed by atoms with Crippen LogP contribution in [-0.2, 0) is 12.8 Å². The van der Waals surface area contributed by atoms with Crippen LogP contribution in [0, 0.1) is 0 Å². The monoisotopic (exact) mass is 342 g/mol. The topological polar surface area (TPSA) is 57.8 Å². The number of hydrogen-bond acceptors (Lipinski definition) is 4. The van der Waals surface area contributed by atoms with Gasteiger partial charge >= 0.3 is 0 Å². The molecule has 0 aliphatic carbocycles. The van der Waals surface area contributed by atoms with Gasteiger partial charge in [0, 0.05) is 44.7 Å². The van der Waals surface area contributed by atoms with E-state index >= 15 is 0 Å². The highest BCUT2D eigenvalue weighted by atomic mass is 32.1. The number of pyridine rings is 1. The number of rotatable bonds is 6. The summed E-state index contributed by atoms with van der Waals surface area (Å²) in [6, 6.07) is 10.2. The van der Waals surface area contributed by atoms with Crippen LogP contribution in [0.2, 0.25) is 0 Å². The average molecular weight is 342 g/mol. The summed E-state index contributed by atoms with van der Waals surface area (Å²) in [6.45, 7) is 1.71. The molecule has 1 N–H and O–H groups in total. The first kappa shape index (κ1) is 16.4. The highest BCUT2D eigenvalue weighted by Gasteiger charge is 2.08. The van der Waals surface area contributed by atoms with Crippen LogP contribution in [0.25, 0.3) is 5.65 Å². The van der Waals surface area contributed by atoms with Gasteiger partial charge in [0.2, 0.25) is 0 Å². The van der Waals surface area contributed by atoms with Crippen molar-refractivity contribution in [3.63, 3.8) is 0 Å². The van der Waals surface area contributed by atoms with E-state index in [4.69, 9.17) is 0 Å². The number of fused-ring (bicyclic) bond motifs is 1. The Labute approximate surface area is 145 Å². The Morgan fingerprint density at radius 2 is 2.17 bits per heavy atom. The molecule has 0 amide bonds. The molecule has 0 saturated carbocycles. The smallest absolute Gasteiger partial charge is 0.193 e. The van der Waals surface area contributed by atoms with E-state index in [0.717, 1.165) is 43.4 Å². The number of nitrogens with one attached hydrogen (secondary N) is 1. The van der Waals surface area contributed by atoms with E-state index in [-0.39, 0.29) is 0 Å². The Kier molecular flexibility index (Phi) is 5.43. The molecule has 0 aromatic carbocycles. The summed E-state index contributed by atoms with van der Waals surface area (Å²) in [4.78, 5) is 7.91. The van der Waals surface area contributed by atoms with Crippen molar-refractivity contribution >= 4 is 22.9 Å². The Morgan fingerprint density at radius 3 is 2.96 bits per heavy atom. The normalized spacial score (nSPS) is 11.8. The van der Waals surface area contributed by atoms with E-state index in [9.17, 15) is 0 Å². The lowest BCUT2D eigenvalue weighted by Crippen LogP contribution is -2.40. The fourth-order valence-electron chi connectivity index (χ4n) is 2.57. The van der Waals surface area contributed by atoms with E-state index in [1.165, 1.54) is 4.88 Å². The molecule has 24 heavy (non-hydrogen) atoms. The molecule has 3 aromatic rings. The van der Waals surface area contributed by atoms with E-state index in [0.29, 0.717) is 0 Å². The van der Waals surface area contributed by atoms with E-state index in [1.807, 2.05) is 35.8 Å². The Hall–Kier alpha value is -2.41. The standard InChI is InChI=1S/C17H22N6S/c1-18-17(22(2)12-9-14-6-5-13-24-14)19-10-8-16-21-20-15-7-3-4-11-23(15)16/h3-7,11,13H,8-10,12H2,1-2H3,(H,18,19). The summed E-state index contributed by atoms with van der Waals surface area (Å²) < 4.78 is 2.02. The van der Waals surface area contributed by atoms with Crippen molar-refractivity contribution in [2.75, 3.05) is 27.2 Å². The van der Waals surface area contributed by atoms with Gasteiger partial charge in [0.15, 0.2) is 11.6 Å². The summed E-state index contributed by atoms with van der Waals surface area (Å²) in [5.74, 6) is 1.86. The molecule has 0 spiro atoms. The van der Waals surface area contributed by atoms with E-state index < -0.39 is 0 Å². The Bertz CT molecular complexity index is 792. The molecule has 0 aliphatic rings. The molecule has 0 radical (unpaired) electrons. The second-order valence-corrected chi connectivity index (χ2v) is 6.55. The first-order valence-electron chi connectivity index (χ1n) is 8.00. The zero-order chi connectivity index (χ0) is 16.8. The van der Waals surface area contributed by atoms with Crippen LogP contribution in [0.3, 0.4) is 0 Å². The maximum atomic E-state index is 4.36. The third-order valence-electron chi connectivity index (χ3n) is 3.86. The molecule has 0 saturated heterocycles. The maximum absolute atomic E-state index is 4.36. The van der Waals surface area contributed by atoms with E-state index in [1.54, 1.807) is 11.3 Å². The van der Waals surface area contributed by atoms with E-state index in [2.05, 4.69) is 50.0 Å². The number of aromatic nitrogens is 3. The lowest BCUT2D eigenvalue weighted by Gasteiger charge is -2.21. The van der Waals surface area contributed by atoms with Gasteiger partial charge in [-0.2, -0.15) is 0 Å². The summed E-state index contributed by atoms with van der Waals surface area (Å²) in [7, 11) is 3.88. The van der Waals surface area contributed by atoms with Crippen LogP contribution in [0.1, 0.15) is 10.7 Å². The van der Waals surface area contributed by atoms with Crippen molar-refractivity contribution in [1.82, 2.24) is 24.8 Å². The number of aliphatic imine (C=N–C) groups is 1. The second kappa shape index (κ2) is 7.92. The summed E-state index contributed by atoms with van der Waals surface area (Å²) >= 11 is 1.80. The fourth-order valence-corrected chi connectivity index (χ4v) is 3.27. The Morgan fingerprint density at radius 1 is 1.25 bits per heavy atom. The highest BCUT2D eigenvalue weighted by Crippen LogP contribution is 2.09. The highest BCUT2D eigenvalue weighted by molar-refractivity contribution is 7.09. The number of likely N-dealkylation sites (N-methyl/N-ethyl adjacent to an activating group) is 1. The average Bonchev–Trinajstić information content (AvgIpc) is 3.26. The van der Waals surface area contributed by atoms with Gasteiger partial charge in [-0.1, -0.05) is 12.1 Å². The van der Waals surface area contributed by atoms with Gasteiger partial charge in [0.25, 0.3) is 0 Å². The molecule has 7 heteroatoms. The minimum absolute atomic E-state index is 0.770. The third-order valence-corrected chi connectivity index (χ3v) is 4.80. The van der Waals surface area contributed by atoms with Crippen molar-refractivity contribution in [2.24, 2.45) is 4.99 Å². The molecule has 0 aliphatic heterocycles. The van der Waals surface area contributed by atoms with Gasteiger partial charge in [0.1, 0.15) is 5.82 Å². The summed E-state index contributed by atoms with van der Waals surface area (Å²) in [5, 5.41) is 13.9. The van der Waals surface area contributed by atoms with Crippen LogP contribution in [0.15, 0.2) is 46.9 Å². The van der Waals surface area contributed by atoms with Gasteiger partial charge in [0.05, 0.1) is 0 Å². The fraction of sp³-hybridized carbons (Fsp3) is 0.353. The lowest BCUT2D eigenvalue weighted by atomic mass is 10.3. The largest absolute Gasteiger partial charge is 0.356 e. The maximum Gasteiger partial charge on any atom is 0.193 e. The molecule has 3 rings (SSSR count). The molecule has 0 bridgehead atoms. The number of nitrogens with zero attached hydrogens (tertiary/aromatic N) is 5. The molecule has 0 atom stereocenters. The summed E-state index contributed by atoms with van der Waals surface area (Å²) in [5.41, 5.74) is 0.880. The van der Waals surface area contributed by atoms with Crippen molar-refractivity contribution in [1.29, 1.82) is 0 Å². The quantitative estimate of drug-likeness (QED) is 0.550. The molecular weight excluding hydrogens is 320 g/mol. The van der Waals surface area contributed by atoms with Crippen molar-refractivity contribution in [2.45, 2.75) is 12.8 Å². The first-order valence-corrected chi connectivity index (χ1v) is 8.88. The van der Waals surface area contributed by atoms with Crippen molar-refractivity contribution in [3.05, 3.63) is 52.6 Å². The van der Waals surface area contributed by atoms with Crippen molar-refractivity contribution in [3.8, 4) is 0 Å². The van der Waals surface area contributed by atoms with Gasteiger partial charge in [-0.25, -0.2) is 0 Å². The molecule has 3 aromatic heterocycles. The Balaban J connectivity index is 1.50. The van der Waals surface area contributed by atoms with Crippen LogP contribution in [0.4, 0.5) is 0 Å².